The van der Waals surface area contributed by atoms with E-state index in [0.29, 0.717) is 18.6 Å². The number of rotatable bonds is 4. The van der Waals surface area contributed by atoms with Crippen molar-refractivity contribution in [3.05, 3.63) is 35.5 Å². The Hall–Kier alpha value is -2.12. The monoisotopic (exact) mass is 324 g/mol. The van der Waals surface area contributed by atoms with Crippen LogP contribution in [-0.4, -0.2) is 28.2 Å². The number of aromatic nitrogens is 2. The molecule has 0 unspecified atom stereocenters. The van der Waals surface area contributed by atoms with Crippen LogP contribution in [-0.2, 0) is 11.3 Å². The van der Waals surface area contributed by atoms with Gasteiger partial charge in [0.15, 0.2) is 0 Å². The molecule has 1 fully saturated rings. The molecule has 0 bridgehead atoms. The zero-order valence-electron chi connectivity index (χ0n) is 13.7. The molecule has 0 radical (unpaired) electrons. The van der Waals surface area contributed by atoms with Crippen LogP contribution in [0.4, 0.5) is 17.5 Å². The van der Waals surface area contributed by atoms with Crippen molar-refractivity contribution in [1.29, 1.82) is 0 Å². The Morgan fingerprint density at radius 1 is 1.29 bits per heavy atom. The van der Waals surface area contributed by atoms with Gasteiger partial charge in [-0.3, -0.25) is 0 Å². The van der Waals surface area contributed by atoms with Crippen LogP contribution in [0, 0.1) is 6.92 Å². The van der Waals surface area contributed by atoms with E-state index in [2.05, 4.69) is 20.6 Å². The fourth-order valence-electron chi connectivity index (χ4n) is 3.35. The van der Waals surface area contributed by atoms with Gasteiger partial charge < -0.3 is 20.3 Å². The highest BCUT2D eigenvalue weighted by molar-refractivity contribution is 6.61. The third kappa shape index (κ3) is 3.09. The molecule has 3 N–H and O–H groups in total. The number of nitrogens with one attached hydrogen (secondary N) is 2. The van der Waals surface area contributed by atoms with Crippen LogP contribution in [0.3, 0.4) is 0 Å². The summed E-state index contributed by atoms with van der Waals surface area (Å²) in [6, 6.07) is 6.27. The summed E-state index contributed by atoms with van der Waals surface area (Å²) in [4.78, 5) is 9.00. The first kappa shape index (κ1) is 15.4. The lowest BCUT2D eigenvalue weighted by Crippen LogP contribution is -2.27. The van der Waals surface area contributed by atoms with Crippen molar-refractivity contribution in [3.8, 4) is 0 Å². The molecule has 0 amide bonds. The normalized spacial score (nSPS) is 17.2. The number of nitrogens with zero attached hydrogens (tertiary/aromatic N) is 2. The van der Waals surface area contributed by atoms with Crippen LogP contribution < -0.4 is 16.1 Å². The Balaban J connectivity index is 1.52. The van der Waals surface area contributed by atoms with E-state index in [1.165, 1.54) is 25.7 Å². The molecule has 0 spiro atoms. The minimum Gasteiger partial charge on any atom is -0.423 e. The zero-order valence-corrected chi connectivity index (χ0v) is 13.7. The summed E-state index contributed by atoms with van der Waals surface area (Å²) in [6.07, 6.45) is 6.83. The minimum absolute atomic E-state index is 0.426. The van der Waals surface area contributed by atoms with Gasteiger partial charge in [-0.2, -0.15) is 4.98 Å². The van der Waals surface area contributed by atoms with E-state index in [1.807, 2.05) is 31.3 Å². The summed E-state index contributed by atoms with van der Waals surface area (Å²) in [6.45, 7) is 2.45. The summed E-state index contributed by atoms with van der Waals surface area (Å²) >= 11 is 0. The molecular weight excluding hydrogens is 303 g/mol. The van der Waals surface area contributed by atoms with Gasteiger partial charge in [0, 0.05) is 23.5 Å². The van der Waals surface area contributed by atoms with E-state index in [0.717, 1.165) is 28.1 Å². The van der Waals surface area contributed by atoms with Gasteiger partial charge in [-0.15, -0.1) is 0 Å². The summed E-state index contributed by atoms with van der Waals surface area (Å²) in [5.74, 6) is 1.47. The summed E-state index contributed by atoms with van der Waals surface area (Å²) in [5, 5.41) is 16.5. The smallest absolute Gasteiger partial charge is 0.423 e. The quantitative estimate of drug-likeness (QED) is 0.748. The molecule has 1 saturated carbocycles. The number of anilines is 3. The molecule has 1 aromatic carbocycles. The fourth-order valence-corrected chi connectivity index (χ4v) is 3.35. The number of benzene rings is 1. The maximum Gasteiger partial charge on any atom is 0.491 e. The minimum atomic E-state index is -0.813. The van der Waals surface area contributed by atoms with Gasteiger partial charge in [0.05, 0.1) is 6.61 Å². The Morgan fingerprint density at radius 3 is 2.96 bits per heavy atom. The zero-order chi connectivity index (χ0) is 16.5. The van der Waals surface area contributed by atoms with Crippen LogP contribution in [0.1, 0.15) is 36.8 Å². The van der Waals surface area contributed by atoms with Gasteiger partial charge in [-0.1, -0.05) is 18.9 Å². The van der Waals surface area contributed by atoms with Gasteiger partial charge in [0.2, 0.25) is 5.95 Å². The Bertz CT molecular complexity index is 749. The molecule has 2 heterocycles. The summed E-state index contributed by atoms with van der Waals surface area (Å²) in [7, 11) is -0.813. The van der Waals surface area contributed by atoms with Crippen LogP contribution >= 0.6 is 0 Å². The first-order valence-electron chi connectivity index (χ1n) is 8.49. The van der Waals surface area contributed by atoms with Crippen LogP contribution in [0.5, 0.6) is 0 Å². The second-order valence-corrected chi connectivity index (χ2v) is 6.55. The lowest BCUT2D eigenvalue weighted by atomic mass is 9.79. The maximum atomic E-state index is 9.69. The van der Waals surface area contributed by atoms with Gasteiger partial charge >= 0.3 is 7.12 Å². The average Bonchev–Trinajstić information content (AvgIpc) is 3.21. The van der Waals surface area contributed by atoms with Crippen molar-refractivity contribution in [3.63, 3.8) is 0 Å². The Labute approximate surface area is 141 Å². The topological polar surface area (TPSA) is 79.3 Å². The molecule has 7 heteroatoms. The molecule has 1 aliphatic carbocycles. The first-order valence-corrected chi connectivity index (χ1v) is 8.49. The molecule has 24 heavy (non-hydrogen) atoms. The number of hydrogen-bond acceptors (Lipinski definition) is 6. The van der Waals surface area contributed by atoms with E-state index < -0.39 is 7.12 Å². The van der Waals surface area contributed by atoms with Gasteiger partial charge in [-0.05, 0) is 42.9 Å². The molecule has 0 saturated heterocycles. The lowest BCUT2D eigenvalue weighted by Gasteiger charge is -2.15. The van der Waals surface area contributed by atoms with E-state index in [9.17, 15) is 5.02 Å². The van der Waals surface area contributed by atoms with Crippen molar-refractivity contribution in [2.24, 2.45) is 0 Å². The SMILES string of the molecule is Cc1cnc(Nc2ccc3c(c2)COB3O)nc1NC1CCCC1. The predicted octanol–water partition coefficient (Wildman–Crippen LogP) is 2.10. The third-order valence-electron chi connectivity index (χ3n) is 4.73. The molecule has 1 aliphatic heterocycles. The lowest BCUT2D eigenvalue weighted by molar-refractivity contribution is 0.275. The molecule has 6 nitrogen and oxygen atoms in total. The predicted molar refractivity (Wildman–Crippen MR) is 94.8 cm³/mol. The molecule has 124 valence electrons. The molecule has 1 aromatic heterocycles. The summed E-state index contributed by atoms with van der Waals surface area (Å²) in [5.41, 5.74) is 3.76. The molecule has 4 rings (SSSR count). The van der Waals surface area contributed by atoms with E-state index in [-0.39, 0.29) is 0 Å². The van der Waals surface area contributed by atoms with Crippen LogP contribution in [0.15, 0.2) is 24.4 Å². The largest absolute Gasteiger partial charge is 0.491 e. The van der Waals surface area contributed by atoms with Crippen molar-refractivity contribution in [2.45, 2.75) is 45.3 Å². The second kappa shape index (κ2) is 6.41. The van der Waals surface area contributed by atoms with Crippen molar-refractivity contribution in [2.75, 3.05) is 10.6 Å². The van der Waals surface area contributed by atoms with E-state index in [1.54, 1.807) is 0 Å². The average molecular weight is 324 g/mol. The van der Waals surface area contributed by atoms with Crippen LogP contribution in [0.25, 0.3) is 0 Å². The van der Waals surface area contributed by atoms with E-state index in [4.69, 9.17) is 4.65 Å². The number of fused-ring (bicyclic) bond motifs is 1. The molecular formula is C17H21BN4O2. The Kier molecular flexibility index (Phi) is 4.12. The van der Waals surface area contributed by atoms with Crippen molar-refractivity contribution < 1.29 is 9.68 Å². The van der Waals surface area contributed by atoms with Crippen molar-refractivity contribution in [1.82, 2.24) is 9.97 Å². The fraction of sp³-hybridized carbons (Fsp3) is 0.412. The highest BCUT2D eigenvalue weighted by atomic mass is 16.5. The highest BCUT2D eigenvalue weighted by Crippen LogP contribution is 2.24. The molecule has 2 aromatic rings. The first-order chi connectivity index (χ1) is 11.7. The van der Waals surface area contributed by atoms with Gasteiger partial charge in [0.1, 0.15) is 5.82 Å². The van der Waals surface area contributed by atoms with Crippen molar-refractivity contribution >= 4 is 30.0 Å². The molecule has 2 aliphatic rings. The number of aryl methyl sites for hydroxylation is 1. The van der Waals surface area contributed by atoms with Gasteiger partial charge in [-0.25, -0.2) is 4.98 Å². The van der Waals surface area contributed by atoms with Gasteiger partial charge in [0.25, 0.3) is 0 Å². The highest BCUT2D eigenvalue weighted by Gasteiger charge is 2.27. The summed E-state index contributed by atoms with van der Waals surface area (Å²) < 4.78 is 5.22. The standard InChI is InChI=1S/C17H21BN4O2/c1-11-9-19-17(22-16(11)20-13-4-2-3-5-13)21-14-6-7-15-12(8-14)10-24-18(15)23/h6-9,13,23H,2-5,10H2,1H3,(H2,19,20,21,22). The number of hydrogen-bond donors (Lipinski definition) is 3. The second-order valence-electron chi connectivity index (χ2n) is 6.55. The maximum absolute atomic E-state index is 9.69. The third-order valence-corrected chi connectivity index (χ3v) is 4.73. The van der Waals surface area contributed by atoms with E-state index >= 15 is 0 Å². The van der Waals surface area contributed by atoms with Crippen LogP contribution in [0.2, 0.25) is 0 Å². The molecule has 0 atom stereocenters. The Morgan fingerprint density at radius 2 is 2.12 bits per heavy atom.